The highest BCUT2D eigenvalue weighted by Crippen LogP contribution is 2.16. The summed E-state index contributed by atoms with van der Waals surface area (Å²) in [5.41, 5.74) is 0.554. The SMILES string of the molecule is CC(C)[C@H](NS(=O)(=O)c1ccccc1F)C(=O)Nc1ccccc1. The summed E-state index contributed by atoms with van der Waals surface area (Å²) in [7, 11) is -4.16. The normalized spacial score (nSPS) is 12.8. The van der Waals surface area contributed by atoms with Crippen molar-refractivity contribution in [1.29, 1.82) is 0 Å². The van der Waals surface area contributed by atoms with Gasteiger partial charge < -0.3 is 5.32 Å². The zero-order chi connectivity index (χ0) is 17.7. The Bertz CT molecular complexity index is 808. The minimum atomic E-state index is -4.16. The molecule has 2 N–H and O–H groups in total. The second-order valence-electron chi connectivity index (χ2n) is 5.63. The van der Waals surface area contributed by atoms with Crippen molar-refractivity contribution >= 4 is 21.6 Å². The third-order valence-electron chi connectivity index (χ3n) is 3.40. The molecule has 128 valence electrons. The Morgan fingerprint density at radius 2 is 1.58 bits per heavy atom. The summed E-state index contributed by atoms with van der Waals surface area (Å²) >= 11 is 0. The lowest BCUT2D eigenvalue weighted by molar-refractivity contribution is -0.118. The topological polar surface area (TPSA) is 75.3 Å². The summed E-state index contributed by atoms with van der Waals surface area (Å²) in [5, 5.41) is 2.65. The largest absolute Gasteiger partial charge is 0.325 e. The van der Waals surface area contributed by atoms with Gasteiger partial charge in [0.1, 0.15) is 16.8 Å². The van der Waals surface area contributed by atoms with E-state index >= 15 is 0 Å². The van der Waals surface area contributed by atoms with Gasteiger partial charge in [-0.3, -0.25) is 4.79 Å². The van der Waals surface area contributed by atoms with E-state index in [1.807, 2.05) is 0 Å². The molecule has 2 aromatic rings. The van der Waals surface area contributed by atoms with Crippen LogP contribution in [0.4, 0.5) is 10.1 Å². The highest BCUT2D eigenvalue weighted by atomic mass is 32.2. The van der Waals surface area contributed by atoms with Crippen molar-refractivity contribution in [2.45, 2.75) is 24.8 Å². The molecule has 7 heteroatoms. The number of rotatable bonds is 6. The molecule has 0 bridgehead atoms. The van der Waals surface area contributed by atoms with Crippen molar-refractivity contribution in [1.82, 2.24) is 4.72 Å². The summed E-state index contributed by atoms with van der Waals surface area (Å²) in [6, 6.07) is 12.7. The smallest absolute Gasteiger partial charge is 0.244 e. The number of carbonyl (C=O) groups excluding carboxylic acids is 1. The minimum absolute atomic E-state index is 0.324. The van der Waals surface area contributed by atoms with Gasteiger partial charge in [-0.2, -0.15) is 4.72 Å². The number of benzene rings is 2. The third kappa shape index (κ3) is 4.39. The number of carbonyl (C=O) groups is 1. The van der Waals surface area contributed by atoms with Crippen LogP contribution < -0.4 is 10.0 Å². The van der Waals surface area contributed by atoms with Crippen LogP contribution in [0.2, 0.25) is 0 Å². The van der Waals surface area contributed by atoms with E-state index in [1.165, 1.54) is 12.1 Å². The van der Waals surface area contributed by atoms with Crippen LogP contribution in [0.25, 0.3) is 0 Å². The average Bonchev–Trinajstić information content (AvgIpc) is 2.53. The van der Waals surface area contributed by atoms with Crippen LogP contribution in [0.1, 0.15) is 13.8 Å². The van der Waals surface area contributed by atoms with E-state index in [0.29, 0.717) is 5.69 Å². The first-order chi connectivity index (χ1) is 11.3. The van der Waals surface area contributed by atoms with E-state index in [0.717, 1.165) is 12.1 Å². The predicted octanol–water partition coefficient (Wildman–Crippen LogP) is 2.77. The van der Waals surface area contributed by atoms with Crippen LogP contribution in [0.15, 0.2) is 59.5 Å². The van der Waals surface area contributed by atoms with Crippen LogP contribution in [0.5, 0.6) is 0 Å². The highest BCUT2D eigenvalue weighted by molar-refractivity contribution is 7.89. The maximum absolute atomic E-state index is 13.8. The molecule has 0 saturated carbocycles. The van der Waals surface area contributed by atoms with Gasteiger partial charge in [-0.15, -0.1) is 0 Å². The average molecular weight is 350 g/mol. The maximum Gasteiger partial charge on any atom is 0.244 e. The summed E-state index contributed by atoms with van der Waals surface area (Å²) in [6.45, 7) is 3.41. The zero-order valence-corrected chi connectivity index (χ0v) is 14.2. The van der Waals surface area contributed by atoms with Crippen LogP contribution in [0, 0.1) is 11.7 Å². The molecule has 0 unspecified atom stereocenters. The van der Waals surface area contributed by atoms with Gasteiger partial charge in [0.2, 0.25) is 15.9 Å². The summed E-state index contributed by atoms with van der Waals surface area (Å²) in [6.07, 6.45) is 0. The van der Waals surface area contributed by atoms with Crippen molar-refractivity contribution in [2.24, 2.45) is 5.92 Å². The lowest BCUT2D eigenvalue weighted by atomic mass is 10.0. The van der Waals surface area contributed by atoms with E-state index in [9.17, 15) is 17.6 Å². The lowest BCUT2D eigenvalue weighted by Gasteiger charge is -2.21. The van der Waals surface area contributed by atoms with Gasteiger partial charge in [0.05, 0.1) is 0 Å². The molecule has 0 aliphatic rings. The summed E-state index contributed by atoms with van der Waals surface area (Å²) < 4.78 is 40.8. The summed E-state index contributed by atoms with van der Waals surface area (Å²) in [5.74, 6) is -1.69. The first-order valence-corrected chi connectivity index (χ1v) is 8.92. The molecule has 0 aliphatic carbocycles. The number of hydrogen-bond donors (Lipinski definition) is 2. The molecule has 2 aromatic carbocycles. The molecule has 0 aliphatic heterocycles. The van der Waals surface area contributed by atoms with Gasteiger partial charge in [-0.25, -0.2) is 12.8 Å². The van der Waals surface area contributed by atoms with Crippen LogP contribution in [-0.4, -0.2) is 20.4 Å². The molecule has 1 amide bonds. The number of amides is 1. The highest BCUT2D eigenvalue weighted by Gasteiger charge is 2.29. The number of anilines is 1. The number of nitrogens with one attached hydrogen (secondary N) is 2. The maximum atomic E-state index is 13.8. The Hall–Kier alpha value is -2.25. The van der Waals surface area contributed by atoms with Gasteiger partial charge in [0.25, 0.3) is 0 Å². The number of hydrogen-bond acceptors (Lipinski definition) is 3. The molecule has 0 radical (unpaired) electrons. The van der Waals surface area contributed by atoms with Crippen molar-refractivity contribution in [3.63, 3.8) is 0 Å². The fourth-order valence-electron chi connectivity index (χ4n) is 2.13. The lowest BCUT2D eigenvalue weighted by Crippen LogP contribution is -2.47. The number of halogens is 1. The van der Waals surface area contributed by atoms with E-state index < -0.39 is 32.7 Å². The van der Waals surface area contributed by atoms with Gasteiger partial charge in [0.15, 0.2) is 0 Å². The Morgan fingerprint density at radius 1 is 1.00 bits per heavy atom. The Kier molecular flexibility index (Phi) is 5.69. The van der Waals surface area contributed by atoms with Crippen molar-refractivity contribution in [2.75, 3.05) is 5.32 Å². The predicted molar refractivity (Wildman–Crippen MR) is 90.4 cm³/mol. The quantitative estimate of drug-likeness (QED) is 0.841. The van der Waals surface area contributed by atoms with Crippen molar-refractivity contribution < 1.29 is 17.6 Å². The van der Waals surface area contributed by atoms with Gasteiger partial charge in [0, 0.05) is 5.69 Å². The van der Waals surface area contributed by atoms with Crippen LogP contribution in [0.3, 0.4) is 0 Å². The third-order valence-corrected chi connectivity index (χ3v) is 4.87. The fraction of sp³-hybridized carbons (Fsp3) is 0.235. The molecule has 2 rings (SSSR count). The molecule has 1 atom stereocenters. The molecule has 5 nitrogen and oxygen atoms in total. The van der Waals surface area contributed by atoms with E-state index in [2.05, 4.69) is 10.0 Å². The van der Waals surface area contributed by atoms with E-state index in [1.54, 1.807) is 44.2 Å². The Morgan fingerprint density at radius 3 is 2.17 bits per heavy atom. The second kappa shape index (κ2) is 7.55. The van der Waals surface area contributed by atoms with Crippen molar-refractivity contribution in [3.8, 4) is 0 Å². The first-order valence-electron chi connectivity index (χ1n) is 7.44. The van der Waals surface area contributed by atoms with Gasteiger partial charge in [-0.05, 0) is 30.2 Å². The second-order valence-corrected chi connectivity index (χ2v) is 7.31. The van der Waals surface area contributed by atoms with Crippen LogP contribution >= 0.6 is 0 Å². The zero-order valence-electron chi connectivity index (χ0n) is 13.4. The number of para-hydroxylation sites is 1. The minimum Gasteiger partial charge on any atom is -0.325 e. The Labute approximate surface area is 141 Å². The number of sulfonamides is 1. The summed E-state index contributed by atoms with van der Waals surface area (Å²) in [4.78, 5) is 11.9. The molecular weight excluding hydrogens is 331 g/mol. The molecular formula is C17H19FN2O3S. The van der Waals surface area contributed by atoms with E-state index in [-0.39, 0.29) is 5.92 Å². The molecule has 0 saturated heterocycles. The first kappa shape index (κ1) is 18.1. The molecule has 0 fully saturated rings. The molecule has 24 heavy (non-hydrogen) atoms. The van der Waals surface area contributed by atoms with Gasteiger partial charge >= 0.3 is 0 Å². The molecule has 0 spiro atoms. The molecule has 0 aromatic heterocycles. The van der Waals surface area contributed by atoms with Crippen LogP contribution in [-0.2, 0) is 14.8 Å². The molecule has 0 heterocycles. The monoisotopic (exact) mass is 350 g/mol. The standard InChI is InChI=1S/C17H19FN2O3S/c1-12(2)16(17(21)19-13-8-4-3-5-9-13)20-24(22,23)15-11-7-6-10-14(15)18/h3-12,16,20H,1-2H3,(H,19,21)/t16-/m0/s1. The van der Waals surface area contributed by atoms with Crippen molar-refractivity contribution in [3.05, 3.63) is 60.4 Å². The fourth-order valence-corrected chi connectivity index (χ4v) is 3.55. The van der Waals surface area contributed by atoms with E-state index in [4.69, 9.17) is 0 Å². The Balaban J connectivity index is 2.22. The van der Waals surface area contributed by atoms with Gasteiger partial charge in [-0.1, -0.05) is 44.2 Å².